The molecule has 0 aliphatic heterocycles. The first-order valence-electron chi connectivity index (χ1n) is 3.19. The minimum atomic E-state index is -0.877. The van der Waals surface area contributed by atoms with Crippen molar-refractivity contribution in [2.45, 2.75) is 25.5 Å². The molecule has 0 aromatic heterocycles. The van der Waals surface area contributed by atoms with Crippen molar-refractivity contribution in [1.82, 2.24) is 0 Å². The van der Waals surface area contributed by atoms with Crippen LogP contribution in [0, 0.1) is 0 Å². The summed E-state index contributed by atoms with van der Waals surface area (Å²) in [4.78, 5) is 10.3. The van der Waals surface area contributed by atoms with Crippen LogP contribution in [-0.4, -0.2) is 16.3 Å². The van der Waals surface area contributed by atoms with Crippen molar-refractivity contribution in [2.24, 2.45) is 0 Å². The van der Waals surface area contributed by atoms with Gasteiger partial charge in [-0.1, -0.05) is 18.6 Å². The first-order valence-corrected chi connectivity index (χ1v) is 3.71. The lowest BCUT2D eigenvalue weighted by Gasteiger charge is -2.06. The molecule has 3 heteroatoms. The summed E-state index contributed by atoms with van der Waals surface area (Å²) in [5.74, 6) is -0.877. The van der Waals surface area contributed by atoms with Crippen LogP contribution in [0.3, 0.4) is 0 Å². The Morgan fingerprint density at radius 3 is 2.40 bits per heavy atom. The SMILES string of the molecule is CC=C(CC)C(S)C(=O)O. The van der Waals surface area contributed by atoms with Crippen LogP contribution >= 0.6 is 12.6 Å². The van der Waals surface area contributed by atoms with Crippen molar-refractivity contribution >= 4 is 18.6 Å². The molecule has 1 atom stereocenters. The third-order valence-corrected chi connectivity index (χ3v) is 1.92. The predicted octanol–water partition coefficient (Wildman–Crippen LogP) is 1.73. The monoisotopic (exact) mass is 160 g/mol. The van der Waals surface area contributed by atoms with E-state index in [1.54, 1.807) is 6.08 Å². The fraction of sp³-hybridized carbons (Fsp3) is 0.571. The van der Waals surface area contributed by atoms with Gasteiger partial charge in [-0.2, -0.15) is 12.6 Å². The Balaban J connectivity index is 4.17. The zero-order valence-electron chi connectivity index (χ0n) is 6.16. The zero-order valence-corrected chi connectivity index (χ0v) is 7.06. The molecule has 0 aliphatic carbocycles. The Morgan fingerprint density at radius 2 is 2.30 bits per heavy atom. The number of thiol groups is 1. The maximum atomic E-state index is 10.3. The van der Waals surface area contributed by atoms with Crippen LogP contribution in [0.25, 0.3) is 0 Å². The molecule has 0 bridgehead atoms. The van der Waals surface area contributed by atoms with Crippen molar-refractivity contribution in [1.29, 1.82) is 0 Å². The lowest BCUT2D eigenvalue weighted by molar-refractivity contribution is -0.135. The number of carboxylic acid groups (broad SMARTS) is 1. The Labute approximate surface area is 66.4 Å². The molecule has 0 fully saturated rings. The van der Waals surface area contributed by atoms with E-state index < -0.39 is 11.2 Å². The lowest BCUT2D eigenvalue weighted by Crippen LogP contribution is -2.15. The molecule has 0 amide bonds. The molecule has 1 unspecified atom stereocenters. The van der Waals surface area contributed by atoms with Crippen molar-refractivity contribution < 1.29 is 9.90 Å². The quantitative estimate of drug-likeness (QED) is 0.487. The molecule has 0 heterocycles. The van der Waals surface area contributed by atoms with Gasteiger partial charge in [0.15, 0.2) is 0 Å². The molecule has 0 rings (SSSR count). The van der Waals surface area contributed by atoms with Crippen LogP contribution in [-0.2, 0) is 4.79 Å². The predicted molar refractivity (Wildman–Crippen MR) is 44.5 cm³/mol. The van der Waals surface area contributed by atoms with E-state index in [1.165, 1.54) is 0 Å². The summed E-state index contributed by atoms with van der Waals surface area (Å²) < 4.78 is 0. The fourth-order valence-electron chi connectivity index (χ4n) is 0.714. The average molecular weight is 160 g/mol. The number of carboxylic acids is 1. The molecule has 0 aromatic rings. The summed E-state index contributed by atoms with van der Waals surface area (Å²) in [5.41, 5.74) is 0.857. The Hall–Kier alpha value is -0.440. The van der Waals surface area contributed by atoms with E-state index >= 15 is 0 Å². The highest BCUT2D eigenvalue weighted by Crippen LogP contribution is 2.12. The van der Waals surface area contributed by atoms with Gasteiger partial charge in [-0.25, -0.2) is 0 Å². The second-order valence-corrected chi connectivity index (χ2v) is 2.47. The van der Waals surface area contributed by atoms with Gasteiger partial charge < -0.3 is 5.11 Å². The molecule has 10 heavy (non-hydrogen) atoms. The molecule has 0 aromatic carbocycles. The van der Waals surface area contributed by atoms with Crippen LogP contribution in [0.15, 0.2) is 11.6 Å². The van der Waals surface area contributed by atoms with Gasteiger partial charge >= 0.3 is 5.97 Å². The van der Waals surface area contributed by atoms with E-state index in [4.69, 9.17) is 5.11 Å². The van der Waals surface area contributed by atoms with Gasteiger partial charge in [0, 0.05) is 0 Å². The van der Waals surface area contributed by atoms with Crippen molar-refractivity contribution in [3.8, 4) is 0 Å². The topological polar surface area (TPSA) is 37.3 Å². The largest absolute Gasteiger partial charge is 0.480 e. The number of aliphatic carboxylic acids is 1. The average Bonchev–Trinajstić information content (AvgIpc) is 1.90. The first-order chi connectivity index (χ1) is 4.63. The number of allylic oxidation sites excluding steroid dienone is 1. The summed E-state index contributed by atoms with van der Waals surface area (Å²) >= 11 is 3.91. The third-order valence-electron chi connectivity index (χ3n) is 1.36. The smallest absolute Gasteiger partial charge is 0.320 e. The summed E-state index contributed by atoms with van der Waals surface area (Å²) in [6.45, 7) is 3.74. The third kappa shape index (κ3) is 2.43. The molecule has 0 spiro atoms. The van der Waals surface area contributed by atoms with Crippen LogP contribution < -0.4 is 0 Å². The summed E-state index contributed by atoms with van der Waals surface area (Å²) in [5, 5.41) is 7.87. The van der Waals surface area contributed by atoms with Crippen LogP contribution in [0.4, 0.5) is 0 Å². The molecule has 58 valence electrons. The van der Waals surface area contributed by atoms with E-state index in [9.17, 15) is 4.79 Å². The molecule has 1 N–H and O–H groups in total. The van der Waals surface area contributed by atoms with Gasteiger partial charge in [0.25, 0.3) is 0 Å². The van der Waals surface area contributed by atoms with E-state index in [-0.39, 0.29) is 0 Å². The molecular weight excluding hydrogens is 148 g/mol. The Bertz CT molecular complexity index is 152. The molecular formula is C7H12O2S. The number of hydrogen-bond acceptors (Lipinski definition) is 2. The Morgan fingerprint density at radius 1 is 1.80 bits per heavy atom. The zero-order chi connectivity index (χ0) is 8.15. The minimum absolute atomic E-state index is 0.630. The van der Waals surface area contributed by atoms with Gasteiger partial charge in [0.1, 0.15) is 5.25 Å². The van der Waals surface area contributed by atoms with Gasteiger partial charge in [0.2, 0.25) is 0 Å². The number of carbonyl (C=O) groups is 1. The van der Waals surface area contributed by atoms with Crippen LogP contribution in [0.5, 0.6) is 0 Å². The normalized spacial score (nSPS) is 14.9. The minimum Gasteiger partial charge on any atom is -0.480 e. The van der Waals surface area contributed by atoms with Crippen molar-refractivity contribution in [3.63, 3.8) is 0 Å². The highest BCUT2D eigenvalue weighted by Gasteiger charge is 2.14. The number of rotatable bonds is 3. The molecule has 0 aliphatic rings. The van der Waals surface area contributed by atoms with E-state index in [1.807, 2.05) is 13.8 Å². The van der Waals surface area contributed by atoms with E-state index in [2.05, 4.69) is 12.6 Å². The molecule has 0 radical (unpaired) electrons. The highest BCUT2D eigenvalue weighted by molar-refractivity contribution is 7.82. The van der Waals surface area contributed by atoms with Crippen LogP contribution in [0.2, 0.25) is 0 Å². The van der Waals surface area contributed by atoms with Gasteiger partial charge in [0.05, 0.1) is 0 Å². The summed E-state index contributed by atoms with van der Waals surface area (Å²) in [6.07, 6.45) is 2.54. The molecule has 2 nitrogen and oxygen atoms in total. The van der Waals surface area contributed by atoms with E-state index in [0.29, 0.717) is 0 Å². The van der Waals surface area contributed by atoms with Gasteiger partial charge in [-0.3, -0.25) is 4.79 Å². The van der Waals surface area contributed by atoms with Gasteiger partial charge in [-0.15, -0.1) is 0 Å². The van der Waals surface area contributed by atoms with Gasteiger partial charge in [-0.05, 0) is 13.3 Å². The molecule has 0 saturated heterocycles. The Kier molecular flexibility index (Phi) is 4.19. The van der Waals surface area contributed by atoms with E-state index in [0.717, 1.165) is 12.0 Å². The first kappa shape index (κ1) is 9.56. The highest BCUT2D eigenvalue weighted by atomic mass is 32.1. The fourth-order valence-corrected chi connectivity index (χ4v) is 1.05. The maximum absolute atomic E-state index is 10.3. The molecule has 0 saturated carbocycles. The summed E-state index contributed by atoms with van der Waals surface area (Å²) in [7, 11) is 0. The standard InChI is InChI=1S/C7H12O2S/c1-3-5(4-2)6(10)7(8)9/h3,6,10H,4H2,1-2H3,(H,8,9). The second-order valence-electron chi connectivity index (χ2n) is 1.96. The maximum Gasteiger partial charge on any atom is 0.320 e. The van der Waals surface area contributed by atoms with Crippen molar-refractivity contribution in [3.05, 3.63) is 11.6 Å². The van der Waals surface area contributed by atoms with Crippen LogP contribution in [0.1, 0.15) is 20.3 Å². The lowest BCUT2D eigenvalue weighted by atomic mass is 10.1. The summed E-state index contributed by atoms with van der Waals surface area (Å²) in [6, 6.07) is 0. The number of hydrogen-bond donors (Lipinski definition) is 2. The second kappa shape index (κ2) is 4.39. The van der Waals surface area contributed by atoms with Crippen molar-refractivity contribution in [2.75, 3.05) is 0 Å².